The van der Waals surface area contributed by atoms with Crippen LogP contribution in [-0.2, 0) is 4.79 Å². The quantitative estimate of drug-likeness (QED) is 0.573. The molecule has 2 unspecified atom stereocenters. The summed E-state index contributed by atoms with van der Waals surface area (Å²) < 4.78 is 0. The number of hydrogen-bond donors (Lipinski definition) is 0. The van der Waals surface area contributed by atoms with Gasteiger partial charge < -0.3 is 0 Å². The smallest absolute Gasteiger partial charge is 0.140 e. The Labute approximate surface area is 85.9 Å². The van der Waals surface area contributed by atoms with Gasteiger partial charge in [0.05, 0.1) is 0 Å². The van der Waals surface area contributed by atoms with Crippen LogP contribution in [-0.4, -0.2) is 5.78 Å². The summed E-state index contributed by atoms with van der Waals surface area (Å²) in [4.78, 5) is 11.9. The molecule has 1 heteroatoms. The number of hydrogen-bond acceptors (Lipinski definition) is 1. The van der Waals surface area contributed by atoms with Gasteiger partial charge in [0.1, 0.15) is 5.78 Å². The van der Waals surface area contributed by atoms with E-state index in [4.69, 9.17) is 0 Å². The van der Waals surface area contributed by atoms with E-state index in [2.05, 4.69) is 26.5 Å². The van der Waals surface area contributed by atoms with Crippen molar-refractivity contribution in [3.8, 4) is 0 Å². The van der Waals surface area contributed by atoms with Crippen LogP contribution in [0.25, 0.3) is 0 Å². The molecule has 0 aromatic heterocycles. The van der Waals surface area contributed by atoms with Crippen molar-refractivity contribution < 1.29 is 4.79 Å². The summed E-state index contributed by atoms with van der Waals surface area (Å²) in [7, 11) is 0. The van der Waals surface area contributed by atoms with Crippen LogP contribution in [0.3, 0.4) is 0 Å². The van der Waals surface area contributed by atoms with Crippen LogP contribution in [0.5, 0.6) is 0 Å². The van der Waals surface area contributed by atoms with Crippen molar-refractivity contribution in [1.82, 2.24) is 0 Å². The zero-order valence-corrected chi connectivity index (χ0v) is 9.05. The monoisotopic (exact) mass is 190 g/mol. The van der Waals surface area contributed by atoms with Crippen molar-refractivity contribution in [2.45, 2.75) is 33.1 Å². The minimum Gasteiger partial charge on any atom is -0.299 e. The molecule has 0 bridgehead atoms. The van der Waals surface area contributed by atoms with Crippen molar-refractivity contribution >= 4 is 5.78 Å². The summed E-state index contributed by atoms with van der Waals surface area (Å²) in [6, 6.07) is 0. The Morgan fingerprint density at radius 2 is 2.21 bits per heavy atom. The first kappa shape index (κ1) is 9.70. The van der Waals surface area contributed by atoms with E-state index in [1.807, 2.05) is 6.08 Å². The molecule has 0 amide bonds. The Morgan fingerprint density at radius 3 is 2.93 bits per heavy atom. The molecule has 0 radical (unpaired) electrons. The number of carbonyl (C=O) groups is 1. The second kappa shape index (κ2) is 3.08. The van der Waals surface area contributed by atoms with Gasteiger partial charge in [0.25, 0.3) is 0 Å². The molecule has 0 N–H and O–H groups in total. The maximum Gasteiger partial charge on any atom is 0.140 e. The molecular formula is C13H18O. The maximum absolute atomic E-state index is 11.9. The molecule has 2 aliphatic rings. The van der Waals surface area contributed by atoms with Crippen molar-refractivity contribution in [3.63, 3.8) is 0 Å². The number of Topliss-reactive ketones (excluding diaryl/α,β-unsaturated/α-hetero) is 1. The fraction of sp³-hybridized carbons (Fsp3) is 0.615. The number of fused-ring (bicyclic) bond motifs is 1. The first-order valence-corrected chi connectivity index (χ1v) is 5.37. The van der Waals surface area contributed by atoms with Crippen LogP contribution < -0.4 is 0 Å². The summed E-state index contributed by atoms with van der Waals surface area (Å²) in [5.74, 6) is 1.13. The Hall–Kier alpha value is -0.850. The van der Waals surface area contributed by atoms with Gasteiger partial charge in [-0.15, -0.1) is 0 Å². The lowest BCUT2D eigenvalue weighted by molar-refractivity contribution is -0.128. The molecule has 0 heterocycles. The minimum atomic E-state index is 0.188. The molecule has 0 spiro atoms. The highest BCUT2D eigenvalue weighted by Crippen LogP contribution is 2.44. The normalized spacial score (nSPS) is 35.6. The van der Waals surface area contributed by atoms with E-state index in [9.17, 15) is 4.79 Å². The second-order valence-corrected chi connectivity index (χ2v) is 5.52. The van der Waals surface area contributed by atoms with Gasteiger partial charge in [-0.1, -0.05) is 38.2 Å². The molecule has 0 saturated heterocycles. The van der Waals surface area contributed by atoms with E-state index in [1.165, 1.54) is 5.57 Å². The maximum atomic E-state index is 11.9. The summed E-state index contributed by atoms with van der Waals surface area (Å²) in [5, 5.41) is 0. The average molecular weight is 190 g/mol. The van der Waals surface area contributed by atoms with Crippen LogP contribution in [0.1, 0.15) is 33.1 Å². The highest BCUT2D eigenvalue weighted by Gasteiger charge is 2.40. The van der Waals surface area contributed by atoms with Gasteiger partial charge in [0.15, 0.2) is 0 Å². The molecule has 0 aromatic rings. The lowest BCUT2D eigenvalue weighted by Crippen LogP contribution is -2.37. The van der Waals surface area contributed by atoms with Crippen LogP contribution >= 0.6 is 0 Å². The molecule has 76 valence electrons. The highest BCUT2D eigenvalue weighted by molar-refractivity contribution is 5.84. The van der Waals surface area contributed by atoms with Crippen LogP contribution in [0, 0.1) is 17.3 Å². The minimum absolute atomic E-state index is 0.188. The number of allylic oxidation sites excluding steroid dienone is 3. The Bertz CT molecular complexity index is 309. The van der Waals surface area contributed by atoms with Crippen molar-refractivity contribution in [2.24, 2.45) is 17.3 Å². The lowest BCUT2D eigenvalue weighted by atomic mass is 9.63. The van der Waals surface area contributed by atoms with Crippen LogP contribution in [0.15, 0.2) is 24.3 Å². The van der Waals surface area contributed by atoms with Gasteiger partial charge in [0.2, 0.25) is 0 Å². The molecule has 14 heavy (non-hydrogen) atoms. The molecule has 2 atom stereocenters. The molecule has 2 aliphatic carbocycles. The Balaban J connectivity index is 2.24. The van der Waals surface area contributed by atoms with Crippen molar-refractivity contribution in [1.29, 1.82) is 0 Å². The van der Waals surface area contributed by atoms with Crippen LogP contribution in [0.4, 0.5) is 0 Å². The first-order valence-electron chi connectivity index (χ1n) is 5.37. The van der Waals surface area contributed by atoms with Gasteiger partial charge >= 0.3 is 0 Å². The standard InChI is InChI=1S/C13H18O/c1-9-4-5-11-10(6-9)7-13(2,3)8-12(11)14/h4-5,10-11H,1,6-8H2,2-3H3. The average Bonchev–Trinajstić information content (AvgIpc) is 2.00. The number of carbonyl (C=O) groups excluding carboxylic acids is 1. The van der Waals surface area contributed by atoms with Gasteiger partial charge in [-0.3, -0.25) is 4.79 Å². The van der Waals surface area contributed by atoms with E-state index in [0.717, 1.165) is 19.3 Å². The van der Waals surface area contributed by atoms with Gasteiger partial charge in [-0.2, -0.15) is 0 Å². The van der Waals surface area contributed by atoms with E-state index >= 15 is 0 Å². The third-order valence-electron chi connectivity index (χ3n) is 3.41. The van der Waals surface area contributed by atoms with Gasteiger partial charge in [0, 0.05) is 12.3 Å². The Morgan fingerprint density at radius 1 is 1.50 bits per heavy atom. The third kappa shape index (κ3) is 1.68. The van der Waals surface area contributed by atoms with Gasteiger partial charge in [-0.05, 0) is 24.2 Å². The summed E-state index contributed by atoms with van der Waals surface area (Å²) in [6.45, 7) is 8.37. The fourth-order valence-corrected chi connectivity index (χ4v) is 2.87. The van der Waals surface area contributed by atoms with E-state index < -0.39 is 0 Å². The summed E-state index contributed by atoms with van der Waals surface area (Å²) in [5.41, 5.74) is 1.38. The van der Waals surface area contributed by atoms with E-state index in [1.54, 1.807) is 0 Å². The molecule has 1 nitrogen and oxygen atoms in total. The number of rotatable bonds is 0. The lowest BCUT2D eigenvalue weighted by Gasteiger charge is -2.40. The highest BCUT2D eigenvalue weighted by atomic mass is 16.1. The van der Waals surface area contributed by atoms with Crippen molar-refractivity contribution in [2.75, 3.05) is 0 Å². The van der Waals surface area contributed by atoms with Crippen LogP contribution in [0.2, 0.25) is 0 Å². The number of ketones is 1. The molecule has 1 fully saturated rings. The zero-order chi connectivity index (χ0) is 10.3. The first-order chi connectivity index (χ1) is 6.48. The largest absolute Gasteiger partial charge is 0.299 e. The molecule has 1 saturated carbocycles. The second-order valence-electron chi connectivity index (χ2n) is 5.52. The molecule has 0 aromatic carbocycles. The summed E-state index contributed by atoms with van der Waals surface area (Å²) >= 11 is 0. The molecule has 2 rings (SSSR count). The van der Waals surface area contributed by atoms with Gasteiger partial charge in [-0.25, -0.2) is 0 Å². The molecule has 0 aliphatic heterocycles. The van der Waals surface area contributed by atoms with E-state index in [0.29, 0.717) is 11.7 Å². The SMILES string of the molecule is C=C1C=CC2C(=O)CC(C)(C)CC2C1. The zero-order valence-electron chi connectivity index (χ0n) is 9.05. The topological polar surface area (TPSA) is 17.1 Å². The predicted molar refractivity (Wildman–Crippen MR) is 57.9 cm³/mol. The fourth-order valence-electron chi connectivity index (χ4n) is 2.87. The molecular weight excluding hydrogens is 172 g/mol. The van der Waals surface area contributed by atoms with E-state index in [-0.39, 0.29) is 11.3 Å². The Kier molecular flexibility index (Phi) is 2.13. The van der Waals surface area contributed by atoms with Crippen molar-refractivity contribution in [3.05, 3.63) is 24.3 Å². The summed E-state index contributed by atoms with van der Waals surface area (Å²) in [6.07, 6.45) is 7.00. The third-order valence-corrected chi connectivity index (χ3v) is 3.41. The predicted octanol–water partition coefficient (Wildman–Crippen LogP) is 3.12.